The van der Waals surface area contributed by atoms with Gasteiger partial charge >= 0.3 is 6.09 Å². The van der Waals surface area contributed by atoms with Crippen molar-refractivity contribution in [2.45, 2.75) is 58.4 Å². The summed E-state index contributed by atoms with van der Waals surface area (Å²) in [6.07, 6.45) is -1.22. The smallest absolute Gasteiger partial charge is 0.410 e. The zero-order valence-electron chi connectivity index (χ0n) is 14.3. The second-order valence-corrected chi connectivity index (χ2v) is 6.10. The summed E-state index contributed by atoms with van der Waals surface area (Å²) in [4.78, 5) is 36.6. The van der Waals surface area contributed by atoms with E-state index < -0.39 is 41.7 Å². The molecule has 0 aliphatic heterocycles. The highest BCUT2D eigenvalue weighted by Crippen LogP contribution is 2.11. The van der Waals surface area contributed by atoms with Crippen LogP contribution < -0.4 is 11.1 Å². The van der Waals surface area contributed by atoms with E-state index in [4.69, 9.17) is 15.2 Å². The second kappa shape index (κ2) is 7.98. The molecule has 0 bridgehead atoms. The molecule has 0 saturated heterocycles. The highest BCUT2D eigenvalue weighted by atomic mass is 16.6. The lowest BCUT2D eigenvalue weighted by Gasteiger charge is -2.29. The minimum atomic E-state index is -0.980. The quantitative estimate of drug-likeness (QED) is 0.729. The Kier molecular flexibility index (Phi) is 7.31. The lowest BCUT2D eigenvalue weighted by atomic mass is 10.1. The van der Waals surface area contributed by atoms with Crippen molar-refractivity contribution in [3.63, 3.8) is 0 Å². The minimum Gasteiger partial charge on any atom is -0.444 e. The van der Waals surface area contributed by atoms with E-state index >= 15 is 0 Å². The first-order chi connectivity index (χ1) is 9.90. The van der Waals surface area contributed by atoms with Crippen LogP contribution in [0.3, 0.4) is 0 Å². The molecule has 0 aliphatic carbocycles. The molecular formula is C14H27N3O5. The molecule has 0 aromatic carbocycles. The summed E-state index contributed by atoms with van der Waals surface area (Å²) < 4.78 is 10.2. The van der Waals surface area contributed by atoms with Gasteiger partial charge in [-0.1, -0.05) is 0 Å². The van der Waals surface area contributed by atoms with Crippen LogP contribution in [0.1, 0.15) is 34.6 Å². The van der Waals surface area contributed by atoms with Crippen molar-refractivity contribution in [3.05, 3.63) is 0 Å². The van der Waals surface area contributed by atoms with Gasteiger partial charge in [0.2, 0.25) is 11.8 Å². The number of likely N-dealkylation sites (N-methyl/N-ethyl adjacent to an activating group) is 1. The van der Waals surface area contributed by atoms with Crippen LogP contribution in [0.2, 0.25) is 0 Å². The third-order valence-electron chi connectivity index (χ3n) is 3.09. The molecule has 0 heterocycles. The van der Waals surface area contributed by atoms with Gasteiger partial charge in [-0.15, -0.1) is 0 Å². The van der Waals surface area contributed by atoms with E-state index in [1.807, 2.05) is 0 Å². The number of rotatable bonds is 6. The Morgan fingerprint density at radius 1 is 1.18 bits per heavy atom. The third kappa shape index (κ3) is 6.30. The molecule has 0 aromatic rings. The summed E-state index contributed by atoms with van der Waals surface area (Å²) in [6, 6.07) is -1.81. The molecule has 8 nitrogen and oxygen atoms in total. The molecule has 0 aromatic heterocycles. The summed E-state index contributed by atoms with van der Waals surface area (Å²) in [5.74, 6) is -1.24. The van der Waals surface area contributed by atoms with Crippen LogP contribution in [0.4, 0.5) is 4.79 Å². The van der Waals surface area contributed by atoms with Crippen LogP contribution in [0.25, 0.3) is 0 Å². The number of nitrogens with zero attached hydrogens (tertiary/aromatic N) is 1. The summed E-state index contributed by atoms with van der Waals surface area (Å²) in [5.41, 5.74) is 4.58. The first-order valence-corrected chi connectivity index (χ1v) is 6.99. The molecule has 0 fully saturated rings. The predicted octanol–water partition coefficient (Wildman–Crippen LogP) is 0.247. The van der Waals surface area contributed by atoms with Crippen molar-refractivity contribution in [1.82, 2.24) is 10.2 Å². The van der Waals surface area contributed by atoms with Crippen molar-refractivity contribution >= 4 is 17.9 Å². The second-order valence-electron chi connectivity index (χ2n) is 6.10. The van der Waals surface area contributed by atoms with Gasteiger partial charge in [0.25, 0.3) is 0 Å². The van der Waals surface area contributed by atoms with Crippen LogP contribution >= 0.6 is 0 Å². The van der Waals surface area contributed by atoms with Gasteiger partial charge in [0.1, 0.15) is 17.7 Å². The predicted molar refractivity (Wildman–Crippen MR) is 81.1 cm³/mol. The van der Waals surface area contributed by atoms with E-state index in [2.05, 4.69) is 5.32 Å². The molecule has 3 amide bonds. The Hall–Kier alpha value is -1.83. The zero-order chi connectivity index (χ0) is 17.7. The maximum atomic E-state index is 12.2. The summed E-state index contributed by atoms with van der Waals surface area (Å²) >= 11 is 0. The Morgan fingerprint density at radius 2 is 1.68 bits per heavy atom. The number of methoxy groups -OCH3 is 1. The molecule has 0 aliphatic rings. The van der Waals surface area contributed by atoms with Crippen LogP contribution in [-0.2, 0) is 19.1 Å². The van der Waals surface area contributed by atoms with Gasteiger partial charge in [0.15, 0.2) is 0 Å². The molecule has 8 heteroatoms. The molecule has 3 atom stereocenters. The van der Waals surface area contributed by atoms with Crippen molar-refractivity contribution in [1.29, 1.82) is 0 Å². The summed E-state index contributed by atoms with van der Waals surface area (Å²) in [6.45, 7) is 8.32. The number of nitrogens with one attached hydrogen (secondary N) is 1. The molecule has 22 heavy (non-hydrogen) atoms. The molecule has 0 spiro atoms. The van der Waals surface area contributed by atoms with Crippen LogP contribution in [0.15, 0.2) is 0 Å². The van der Waals surface area contributed by atoms with E-state index in [-0.39, 0.29) is 0 Å². The van der Waals surface area contributed by atoms with Gasteiger partial charge < -0.3 is 20.5 Å². The molecule has 3 N–H and O–H groups in total. The lowest BCUT2D eigenvalue weighted by Crippen LogP contribution is -2.56. The van der Waals surface area contributed by atoms with Gasteiger partial charge in [0.05, 0.1) is 6.10 Å². The van der Waals surface area contributed by atoms with Crippen LogP contribution in [0.5, 0.6) is 0 Å². The lowest BCUT2D eigenvalue weighted by molar-refractivity contribution is -0.132. The SMILES string of the molecule is CO[C@H](C)[C@H](NC(=O)[C@H](C)N(C)C(=O)OC(C)(C)C)C(N)=O. The summed E-state index contributed by atoms with van der Waals surface area (Å²) in [7, 11) is 2.85. The molecule has 0 saturated carbocycles. The number of primary amides is 1. The van der Waals surface area contributed by atoms with Crippen LogP contribution in [-0.4, -0.2) is 60.8 Å². The van der Waals surface area contributed by atoms with E-state index in [0.717, 1.165) is 4.90 Å². The molecule has 0 rings (SSSR count). The van der Waals surface area contributed by atoms with Crippen molar-refractivity contribution < 1.29 is 23.9 Å². The maximum Gasteiger partial charge on any atom is 0.410 e. The van der Waals surface area contributed by atoms with E-state index in [1.165, 1.54) is 21.1 Å². The first-order valence-electron chi connectivity index (χ1n) is 6.99. The monoisotopic (exact) mass is 317 g/mol. The van der Waals surface area contributed by atoms with Gasteiger partial charge in [-0.3, -0.25) is 14.5 Å². The number of carbonyl (C=O) groups excluding carboxylic acids is 3. The highest BCUT2D eigenvalue weighted by molar-refractivity contribution is 5.90. The van der Waals surface area contributed by atoms with Crippen LogP contribution in [0, 0.1) is 0 Å². The number of carbonyl (C=O) groups is 3. The summed E-state index contributed by atoms with van der Waals surface area (Å²) in [5, 5.41) is 2.48. The Labute approximate surface area is 131 Å². The Morgan fingerprint density at radius 3 is 2.05 bits per heavy atom. The van der Waals surface area contributed by atoms with Crippen molar-refractivity contribution in [2.75, 3.05) is 14.2 Å². The van der Waals surface area contributed by atoms with Crippen molar-refractivity contribution in [3.8, 4) is 0 Å². The fraction of sp³-hybridized carbons (Fsp3) is 0.786. The average Bonchev–Trinajstić information content (AvgIpc) is 2.39. The largest absolute Gasteiger partial charge is 0.444 e. The number of amides is 3. The highest BCUT2D eigenvalue weighted by Gasteiger charge is 2.31. The van der Waals surface area contributed by atoms with Gasteiger partial charge in [-0.05, 0) is 34.6 Å². The van der Waals surface area contributed by atoms with E-state index in [0.29, 0.717) is 0 Å². The number of hydrogen-bond donors (Lipinski definition) is 2. The average molecular weight is 317 g/mol. The fourth-order valence-electron chi connectivity index (χ4n) is 1.50. The first kappa shape index (κ1) is 20.2. The molecule has 128 valence electrons. The maximum absolute atomic E-state index is 12.2. The Balaban J connectivity index is 4.83. The molecule has 0 unspecified atom stereocenters. The number of ether oxygens (including phenoxy) is 2. The zero-order valence-corrected chi connectivity index (χ0v) is 14.3. The third-order valence-corrected chi connectivity index (χ3v) is 3.09. The van der Waals surface area contributed by atoms with Crippen molar-refractivity contribution in [2.24, 2.45) is 5.73 Å². The fourth-order valence-corrected chi connectivity index (χ4v) is 1.50. The number of nitrogens with two attached hydrogens (primary N) is 1. The standard InChI is InChI=1S/C14H27N3O5/c1-8(17(6)13(20)22-14(3,4)5)12(19)16-10(11(15)18)9(2)21-7/h8-10H,1-7H3,(H2,15,18)(H,16,19)/t8-,9+,10-/m0/s1. The molecular weight excluding hydrogens is 290 g/mol. The molecule has 0 radical (unpaired) electrons. The number of hydrogen-bond acceptors (Lipinski definition) is 5. The van der Waals surface area contributed by atoms with Gasteiger partial charge in [-0.25, -0.2) is 4.79 Å². The van der Waals surface area contributed by atoms with E-state index in [1.54, 1.807) is 27.7 Å². The topological polar surface area (TPSA) is 111 Å². The van der Waals surface area contributed by atoms with E-state index in [9.17, 15) is 14.4 Å². The minimum absolute atomic E-state index is 0.527. The van der Waals surface area contributed by atoms with Gasteiger partial charge in [0, 0.05) is 14.2 Å². The normalized spacial score (nSPS) is 15.4. The van der Waals surface area contributed by atoms with Gasteiger partial charge in [-0.2, -0.15) is 0 Å². The Bertz CT molecular complexity index is 419.